The molecule has 0 saturated carbocycles. The Hall–Kier alpha value is -0.980. The van der Waals surface area contributed by atoms with E-state index >= 15 is 0 Å². The number of carbonyl (C=O) groups excluding carboxylic acids is 1. The van der Waals surface area contributed by atoms with E-state index in [0.29, 0.717) is 12.1 Å². The van der Waals surface area contributed by atoms with Gasteiger partial charge in [-0.25, -0.2) is 0 Å². The number of aliphatic hydroxyl groups excluding tert-OH is 1. The number of carbonyl (C=O) groups is 1. The molecule has 0 aromatic carbocycles. The van der Waals surface area contributed by atoms with E-state index in [1.807, 2.05) is 13.0 Å². The maximum atomic E-state index is 12.2. The molecule has 1 amide bonds. The standard InChI is InChI=1S/C13H21N3O2S/c1-10-9-11(15-19-10)12(18)14-13(5-8-17)3-6-16(2)7-4-13/h9,17H,3-8H2,1-2H3,(H,14,18). The number of nitrogens with zero attached hydrogens (tertiary/aromatic N) is 2. The third-order valence-electron chi connectivity index (χ3n) is 3.77. The highest BCUT2D eigenvalue weighted by Crippen LogP contribution is 2.25. The summed E-state index contributed by atoms with van der Waals surface area (Å²) in [6.07, 6.45) is 2.35. The number of aromatic nitrogens is 1. The normalized spacial score (nSPS) is 19.3. The zero-order valence-electron chi connectivity index (χ0n) is 11.5. The van der Waals surface area contributed by atoms with Crippen molar-refractivity contribution in [1.82, 2.24) is 14.6 Å². The van der Waals surface area contributed by atoms with Crippen LogP contribution in [-0.4, -0.2) is 52.6 Å². The van der Waals surface area contributed by atoms with Crippen molar-refractivity contribution in [2.75, 3.05) is 26.7 Å². The molecular weight excluding hydrogens is 262 g/mol. The van der Waals surface area contributed by atoms with Crippen LogP contribution in [0.3, 0.4) is 0 Å². The highest BCUT2D eigenvalue weighted by atomic mass is 32.1. The van der Waals surface area contributed by atoms with E-state index in [-0.39, 0.29) is 18.1 Å². The van der Waals surface area contributed by atoms with Crippen LogP contribution in [0.4, 0.5) is 0 Å². The molecule has 1 saturated heterocycles. The molecule has 0 radical (unpaired) electrons. The number of rotatable bonds is 4. The minimum atomic E-state index is -0.282. The summed E-state index contributed by atoms with van der Waals surface area (Å²) in [5.74, 6) is -0.123. The van der Waals surface area contributed by atoms with E-state index in [1.54, 1.807) is 0 Å². The van der Waals surface area contributed by atoms with Gasteiger partial charge in [0, 0.05) is 30.1 Å². The van der Waals surface area contributed by atoms with E-state index in [2.05, 4.69) is 21.6 Å². The van der Waals surface area contributed by atoms with Crippen molar-refractivity contribution in [3.05, 3.63) is 16.6 Å². The first-order chi connectivity index (χ1) is 9.04. The maximum absolute atomic E-state index is 12.2. The van der Waals surface area contributed by atoms with Crippen molar-refractivity contribution in [3.63, 3.8) is 0 Å². The Morgan fingerprint density at radius 3 is 2.79 bits per heavy atom. The van der Waals surface area contributed by atoms with Gasteiger partial charge in [0.2, 0.25) is 0 Å². The first kappa shape index (κ1) is 14.4. The number of hydrogen-bond acceptors (Lipinski definition) is 5. The molecule has 19 heavy (non-hydrogen) atoms. The minimum absolute atomic E-state index is 0.0973. The van der Waals surface area contributed by atoms with Gasteiger partial charge in [-0.2, -0.15) is 4.37 Å². The lowest BCUT2D eigenvalue weighted by molar-refractivity contribution is 0.0774. The van der Waals surface area contributed by atoms with Crippen LogP contribution in [0.2, 0.25) is 0 Å². The number of aliphatic hydroxyl groups is 1. The van der Waals surface area contributed by atoms with E-state index < -0.39 is 0 Å². The molecule has 106 valence electrons. The molecule has 0 spiro atoms. The van der Waals surface area contributed by atoms with Crippen LogP contribution in [0.15, 0.2) is 6.07 Å². The summed E-state index contributed by atoms with van der Waals surface area (Å²) < 4.78 is 4.14. The topological polar surface area (TPSA) is 65.5 Å². The summed E-state index contributed by atoms with van der Waals surface area (Å²) in [6, 6.07) is 1.81. The molecule has 1 fully saturated rings. The van der Waals surface area contributed by atoms with Crippen molar-refractivity contribution in [2.45, 2.75) is 31.7 Å². The summed E-state index contributed by atoms with van der Waals surface area (Å²) in [5.41, 5.74) is 0.203. The summed E-state index contributed by atoms with van der Waals surface area (Å²) in [7, 11) is 2.08. The van der Waals surface area contributed by atoms with Crippen molar-refractivity contribution < 1.29 is 9.90 Å². The van der Waals surface area contributed by atoms with Gasteiger partial charge in [0.05, 0.1) is 0 Å². The van der Waals surface area contributed by atoms with Crippen LogP contribution in [0.25, 0.3) is 0 Å². The first-order valence-electron chi connectivity index (χ1n) is 6.60. The van der Waals surface area contributed by atoms with Crippen molar-refractivity contribution >= 4 is 17.4 Å². The molecule has 1 aromatic heterocycles. The van der Waals surface area contributed by atoms with Gasteiger partial charge in [-0.15, -0.1) is 0 Å². The molecule has 0 atom stereocenters. The predicted molar refractivity (Wildman–Crippen MR) is 75.5 cm³/mol. The predicted octanol–water partition coefficient (Wildman–Crippen LogP) is 1.03. The third kappa shape index (κ3) is 3.52. The monoisotopic (exact) mass is 283 g/mol. The largest absolute Gasteiger partial charge is 0.396 e. The second-order valence-electron chi connectivity index (χ2n) is 5.33. The maximum Gasteiger partial charge on any atom is 0.271 e. The smallest absolute Gasteiger partial charge is 0.271 e. The Balaban J connectivity index is 2.06. The Morgan fingerprint density at radius 2 is 2.26 bits per heavy atom. The number of likely N-dealkylation sites (tertiary alicyclic amines) is 1. The molecule has 5 nitrogen and oxygen atoms in total. The fourth-order valence-electron chi connectivity index (χ4n) is 2.48. The molecule has 1 aromatic rings. The van der Waals surface area contributed by atoms with Gasteiger partial charge in [-0.1, -0.05) is 0 Å². The quantitative estimate of drug-likeness (QED) is 0.866. The van der Waals surface area contributed by atoms with Crippen molar-refractivity contribution in [3.8, 4) is 0 Å². The molecule has 0 unspecified atom stereocenters. The fourth-order valence-corrected chi connectivity index (χ4v) is 3.02. The lowest BCUT2D eigenvalue weighted by Crippen LogP contribution is -2.55. The van der Waals surface area contributed by atoms with E-state index in [1.165, 1.54) is 11.5 Å². The average Bonchev–Trinajstić information content (AvgIpc) is 2.80. The van der Waals surface area contributed by atoms with E-state index in [4.69, 9.17) is 0 Å². The van der Waals surface area contributed by atoms with E-state index in [0.717, 1.165) is 30.8 Å². The summed E-state index contributed by atoms with van der Waals surface area (Å²) in [6.45, 7) is 3.92. The molecule has 0 bridgehead atoms. The van der Waals surface area contributed by atoms with Gasteiger partial charge in [-0.3, -0.25) is 4.79 Å². The Morgan fingerprint density at radius 1 is 1.58 bits per heavy atom. The number of nitrogens with one attached hydrogen (secondary N) is 1. The summed E-state index contributed by atoms with van der Waals surface area (Å²) in [4.78, 5) is 15.5. The van der Waals surface area contributed by atoms with Crippen LogP contribution in [-0.2, 0) is 0 Å². The number of piperidine rings is 1. The van der Waals surface area contributed by atoms with Crippen LogP contribution >= 0.6 is 11.5 Å². The highest BCUT2D eigenvalue weighted by Gasteiger charge is 2.35. The molecule has 2 heterocycles. The first-order valence-corrected chi connectivity index (χ1v) is 7.37. The second kappa shape index (κ2) is 5.98. The third-order valence-corrected chi connectivity index (χ3v) is 4.47. The Labute approximate surface area is 117 Å². The van der Waals surface area contributed by atoms with Gasteiger partial charge in [-0.05, 0) is 50.8 Å². The molecular formula is C13H21N3O2S. The van der Waals surface area contributed by atoms with Gasteiger partial charge < -0.3 is 15.3 Å². The van der Waals surface area contributed by atoms with Crippen LogP contribution in [0.1, 0.15) is 34.6 Å². The molecule has 6 heteroatoms. The lowest BCUT2D eigenvalue weighted by atomic mass is 9.84. The minimum Gasteiger partial charge on any atom is -0.396 e. The molecule has 1 aliphatic rings. The average molecular weight is 283 g/mol. The highest BCUT2D eigenvalue weighted by molar-refractivity contribution is 7.05. The molecule has 2 N–H and O–H groups in total. The van der Waals surface area contributed by atoms with Crippen molar-refractivity contribution in [2.24, 2.45) is 0 Å². The lowest BCUT2D eigenvalue weighted by Gasteiger charge is -2.41. The molecule has 0 aliphatic carbocycles. The number of amides is 1. The second-order valence-corrected chi connectivity index (χ2v) is 6.34. The van der Waals surface area contributed by atoms with Crippen LogP contribution < -0.4 is 5.32 Å². The molecule has 1 aliphatic heterocycles. The molecule has 2 rings (SSSR count). The number of hydrogen-bond donors (Lipinski definition) is 2. The zero-order chi connectivity index (χ0) is 13.9. The van der Waals surface area contributed by atoms with Gasteiger partial charge in [0.25, 0.3) is 5.91 Å². The summed E-state index contributed by atoms with van der Waals surface area (Å²) >= 11 is 1.34. The Kier molecular flexibility index (Phi) is 4.54. The van der Waals surface area contributed by atoms with Crippen LogP contribution in [0.5, 0.6) is 0 Å². The number of aryl methyl sites for hydroxylation is 1. The summed E-state index contributed by atoms with van der Waals surface area (Å²) in [5, 5.41) is 12.4. The van der Waals surface area contributed by atoms with Gasteiger partial charge >= 0.3 is 0 Å². The van der Waals surface area contributed by atoms with Gasteiger partial charge in [0.15, 0.2) is 0 Å². The van der Waals surface area contributed by atoms with E-state index in [9.17, 15) is 9.90 Å². The Bertz CT molecular complexity index is 439. The van der Waals surface area contributed by atoms with Crippen molar-refractivity contribution in [1.29, 1.82) is 0 Å². The zero-order valence-corrected chi connectivity index (χ0v) is 12.3. The van der Waals surface area contributed by atoms with Crippen LogP contribution in [0, 0.1) is 6.92 Å². The fraction of sp³-hybridized carbons (Fsp3) is 0.692. The SMILES string of the molecule is Cc1cc(C(=O)NC2(CCO)CCN(C)CC2)ns1. The van der Waals surface area contributed by atoms with Gasteiger partial charge in [0.1, 0.15) is 5.69 Å².